The molecule has 0 spiro atoms. The number of carbonyl (C=O) groups is 1. The van der Waals surface area contributed by atoms with E-state index in [4.69, 9.17) is 4.74 Å². The zero-order valence-corrected chi connectivity index (χ0v) is 18.0. The summed E-state index contributed by atoms with van der Waals surface area (Å²) in [5.41, 5.74) is 6.99. The fourth-order valence-corrected chi connectivity index (χ4v) is 4.35. The predicted octanol–water partition coefficient (Wildman–Crippen LogP) is 5.77. The van der Waals surface area contributed by atoms with Gasteiger partial charge in [-0.1, -0.05) is 86.6 Å². The van der Waals surface area contributed by atoms with Crippen molar-refractivity contribution in [3.63, 3.8) is 0 Å². The van der Waals surface area contributed by atoms with Crippen LogP contribution in [0.5, 0.6) is 0 Å². The van der Waals surface area contributed by atoms with Crippen molar-refractivity contribution in [2.45, 2.75) is 38.1 Å². The van der Waals surface area contributed by atoms with E-state index in [9.17, 15) is 9.90 Å². The van der Waals surface area contributed by atoms with Gasteiger partial charge in [0.25, 0.3) is 0 Å². The minimum atomic E-state index is -0.465. The van der Waals surface area contributed by atoms with Crippen LogP contribution in [0.25, 0.3) is 11.1 Å². The molecule has 4 rings (SSSR count). The van der Waals surface area contributed by atoms with Crippen molar-refractivity contribution in [2.75, 3.05) is 13.2 Å². The smallest absolute Gasteiger partial charge is 0.407 e. The number of benzene rings is 3. The van der Waals surface area contributed by atoms with Gasteiger partial charge in [-0.3, -0.25) is 0 Å². The number of aliphatic hydroxyl groups excluding tert-OH is 1. The van der Waals surface area contributed by atoms with Gasteiger partial charge in [0.05, 0.1) is 6.04 Å². The van der Waals surface area contributed by atoms with Gasteiger partial charge < -0.3 is 15.2 Å². The molecule has 1 unspecified atom stereocenters. The molecule has 3 aromatic rings. The summed E-state index contributed by atoms with van der Waals surface area (Å²) < 4.78 is 5.67. The lowest BCUT2D eigenvalue weighted by atomic mass is 9.98. The Bertz CT molecular complexity index is 997. The first kappa shape index (κ1) is 21.1. The highest BCUT2D eigenvalue weighted by Crippen LogP contribution is 2.44. The maximum atomic E-state index is 12.6. The van der Waals surface area contributed by atoms with E-state index in [0.717, 1.165) is 5.56 Å². The maximum Gasteiger partial charge on any atom is 0.407 e. The molecule has 4 heteroatoms. The lowest BCUT2D eigenvalue weighted by Gasteiger charge is -2.20. The van der Waals surface area contributed by atoms with Gasteiger partial charge in [0.2, 0.25) is 0 Å². The zero-order valence-electron chi connectivity index (χ0n) is 18.0. The number of hydrogen-bond donors (Lipinski definition) is 2. The van der Waals surface area contributed by atoms with Crippen molar-refractivity contribution < 1.29 is 14.6 Å². The fraction of sp³-hybridized carbons (Fsp3) is 0.296. The number of amides is 1. The lowest BCUT2D eigenvalue weighted by Crippen LogP contribution is -2.31. The number of rotatable bonds is 7. The normalized spacial score (nSPS) is 13.5. The Morgan fingerprint density at radius 3 is 2.00 bits per heavy atom. The largest absolute Gasteiger partial charge is 0.449 e. The third-order valence-corrected chi connectivity index (χ3v) is 6.06. The lowest BCUT2D eigenvalue weighted by molar-refractivity contribution is 0.136. The molecule has 0 heterocycles. The van der Waals surface area contributed by atoms with Crippen LogP contribution in [-0.2, 0) is 4.74 Å². The number of nitrogens with one attached hydrogen (secondary N) is 1. The molecule has 1 atom stereocenters. The third kappa shape index (κ3) is 4.49. The summed E-state index contributed by atoms with van der Waals surface area (Å²) in [6.07, 6.45) is -0.0289. The molecule has 160 valence electrons. The average molecular weight is 416 g/mol. The summed E-state index contributed by atoms with van der Waals surface area (Å²) in [5, 5.41) is 12.4. The molecule has 1 amide bonds. The second-order valence-corrected chi connectivity index (χ2v) is 8.36. The number of alkyl carbamates (subject to hydrolysis) is 1. The number of carbonyl (C=O) groups excluding carboxylic acids is 1. The van der Waals surface area contributed by atoms with Crippen LogP contribution in [0.4, 0.5) is 4.79 Å². The van der Waals surface area contributed by atoms with Crippen LogP contribution in [0, 0.1) is 0 Å². The monoisotopic (exact) mass is 415 g/mol. The van der Waals surface area contributed by atoms with Crippen molar-refractivity contribution in [3.05, 3.63) is 95.1 Å². The zero-order chi connectivity index (χ0) is 21.8. The van der Waals surface area contributed by atoms with Crippen molar-refractivity contribution in [3.8, 4) is 11.1 Å². The van der Waals surface area contributed by atoms with Crippen LogP contribution in [0.1, 0.15) is 60.4 Å². The topological polar surface area (TPSA) is 58.6 Å². The number of aliphatic hydroxyl groups is 1. The fourth-order valence-electron chi connectivity index (χ4n) is 4.35. The molecule has 2 N–H and O–H groups in total. The second-order valence-electron chi connectivity index (χ2n) is 8.36. The molecule has 4 nitrogen and oxygen atoms in total. The second kappa shape index (κ2) is 9.36. The van der Waals surface area contributed by atoms with Crippen molar-refractivity contribution in [2.24, 2.45) is 0 Å². The highest BCUT2D eigenvalue weighted by molar-refractivity contribution is 5.79. The standard InChI is InChI=1S/C27H29NO3/c1-18(2)19-11-13-20(14-12-19)26(15-16-29)28-27(30)31-17-25-23-9-5-3-7-21(23)22-8-4-6-10-24(22)25/h3-14,18,25-26,29H,15-17H2,1-2H3,(H,28,30). The number of hydrogen-bond acceptors (Lipinski definition) is 3. The predicted molar refractivity (Wildman–Crippen MR) is 123 cm³/mol. The molecule has 0 bridgehead atoms. The highest BCUT2D eigenvalue weighted by Gasteiger charge is 2.29. The molecular weight excluding hydrogens is 386 g/mol. The summed E-state index contributed by atoms with van der Waals surface area (Å²) in [6.45, 7) is 4.56. The van der Waals surface area contributed by atoms with E-state index in [2.05, 4.69) is 55.6 Å². The molecule has 31 heavy (non-hydrogen) atoms. The molecular formula is C27H29NO3. The van der Waals surface area contributed by atoms with E-state index >= 15 is 0 Å². The van der Waals surface area contributed by atoms with E-state index in [0.29, 0.717) is 12.3 Å². The minimum absolute atomic E-state index is 0.0136. The van der Waals surface area contributed by atoms with E-state index in [-0.39, 0.29) is 25.2 Å². The summed E-state index contributed by atoms with van der Waals surface area (Å²) in [4.78, 5) is 12.6. The molecule has 0 radical (unpaired) electrons. The van der Waals surface area contributed by atoms with Crippen LogP contribution in [-0.4, -0.2) is 24.4 Å². The van der Waals surface area contributed by atoms with E-state index < -0.39 is 6.09 Å². The van der Waals surface area contributed by atoms with Crippen LogP contribution in [0.2, 0.25) is 0 Å². The Hall–Kier alpha value is -3.11. The summed E-state index contributed by atoms with van der Waals surface area (Å²) >= 11 is 0. The molecule has 0 aliphatic heterocycles. The average Bonchev–Trinajstić information content (AvgIpc) is 3.11. The molecule has 0 fully saturated rings. The molecule has 0 saturated heterocycles. The van der Waals surface area contributed by atoms with Gasteiger partial charge in [0.15, 0.2) is 0 Å². The Morgan fingerprint density at radius 1 is 0.903 bits per heavy atom. The molecule has 0 aromatic heterocycles. The van der Waals surface area contributed by atoms with Gasteiger partial charge >= 0.3 is 6.09 Å². The van der Waals surface area contributed by atoms with Gasteiger partial charge in [-0.05, 0) is 45.7 Å². The van der Waals surface area contributed by atoms with Crippen LogP contribution in [0.3, 0.4) is 0 Å². The molecule has 1 aliphatic carbocycles. The van der Waals surface area contributed by atoms with Crippen LogP contribution >= 0.6 is 0 Å². The Kier molecular flexibility index (Phi) is 6.38. The Labute approximate surface area is 183 Å². The highest BCUT2D eigenvalue weighted by atomic mass is 16.5. The quantitative estimate of drug-likeness (QED) is 0.515. The summed E-state index contributed by atoms with van der Waals surface area (Å²) in [7, 11) is 0. The van der Waals surface area contributed by atoms with Gasteiger partial charge in [-0.25, -0.2) is 4.79 Å². The van der Waals surface area contributed by atoms with Gasteiger partial charge in [0.1, 0.15) is 6.61 Å². The molecule has 0 saturated carbocycles. The minimum Gasteiger partial charge on any atom is -0.449 e. The van der Waals surface area contributed by atoms with Crippen molar-refractivity contribution >= 4 is 6.09 Å². The first-order valence-electron chi connectivity index (χ1n) is 10.9. The summed E-state index contributed by atoms with van der Waals surface area (Å²) in [6, 6.07) is 24.4. The van der Waals surface area contributed by atoms with E-state index in [1.54, 1.807) is 0 Å². The number of fused-ring (bicyclic) bond motifs is 3. The van der Waals surface area contributed by atoms with Gasteiger partial charge in [0, 0.05) is 12.5 Å². The van der Waals surface area contributed by atoms with Crippen molar-refractivity contribution in [1.29, 1.82) is 0 Å². The first-order valence-corrected chi connectivity index (χ1v) is 10.9. The Morgan fingerprint density at radius 2 is 1.45 bits per heavy atom. The van der Waals surface area contributed by atoms with Crippen molar-refractivity contribution in [1.82, 2.24) is 5.32 Å². The number of ether oxygens (including phenoxy) is 1. The third-order valence-electron chi connectivity index (χ3n) is 6.06. The first-order chi connectivity index (χ1) is 15.1. The van der Waals surface area contributed by atoms with Gasteiger partial charge in [-0.15, -0.1) is 0 Å². The Balaban J connectivity index is 1.44. The maximum absolute atomic E-state index is 12.6. The summed E-state index contributed by atoms with van der Waals surface area (Å²) in [5.74, 6) is 0.472. The molecule has 3 aromatic carbocycles. The van der Waals surface area contributed by atoms with E-state index in [1.165, 1.54) is 27.8 Å². The SMILES string of the molecule is CC(C)c1ccc(C(CCO)NC(=O)OCC2c3ccccc3-c3ccccc32)cc1. The molecule has 1 aliphatic rings. The van der Waals surface area contributed by atoms with Gasteiger partial charge in [-0.2, -0.15) is 0 Å². The van der Waals surface area contributed by atoms with Crippen LogP contribution < -0.4 is 5.32 Å². The van der Waals surface area contributed by atoms with E-state index in [1.807, 2.05) is 36.4 Å². The van der Waals surface area contributed by atoms with Crippen LogP contribution in [0.15, 0.2) is 72.8 Å².